The highest BCUT2D eigenvalue weighted by Gasteiger charge is 2.30. The summed E-state index contributed by atoms with van der Waals surface area (Å²) >= 11 is 0. The Labute approximate surface area is 498 Å². The van der Waals surface area contributed by atoms with Crippen LogP contribution in [-0.4, -0.2) is 74.3 Å². The number of nitrogens with one attached hydrogen (secondary N) is 1. The number of carbonyl (C=O) groups excluding carboxylic acids is 2. The molecule has 9 nitrogen and oxygen atoms in total. The molecule has 0 radical (unpaired) electrons. The summed E-state index contributed by atoms with van der Waals surface area (Å²) in [5.74, 6) is -0.483. The van der Waals surface area contributed by atoms with Gasteiger partial charge in [-0.15, -0.1) is 0 Å². The molecule has 0 fully saturated rings. The number of hydrogen-bond donors (Lipinski definition) is 2. The molecule has 80 heavy (non-hydrogen) atoms. The zero-order valence-corrected chi connectivity index (χ0v) is 55.2. The van der Waals surface area contributed by atoms with Crippen LogP contribution in [0.25, 0.3) is 0 Å². The Balaban J connectivity index is 5.07. The van der Waals surface area contributed by atoms with Crippen molar-refractivity contribution in [2.45, 2.75) is 373 Å². The van der Waals surface area contributed by atoms with Gasteiger partial charge in [-0.1, -0.05) is 315 Å². The van der Waals surface area contributed by atoms with Crippen LogP contribution in [0.3, 0.4) is 0 Å². The van der Waals surface area contributed by atoms with Crippen molar-refractivity contribution in [3.05, 3.63) is 24.3 Å². The number of ether oxygens (including phenoxy) is 1. The van der Waals surface area contributed by atoms with Crippen molar-refractivity contribution in [3.63, 3.8) is 0 Å². The van der Waals surface area contributed by atoms with Crippen molar-refractivity contribution in [1.29, 1.82) is 0 Å². The number of carbonyl (C=O) groups is 2. The van der Waals surface area contributed by atoms with Gasteiger partial charge in [0.05, 0.1) is 33.8 Å². The Hall–Kier alpha value is -1.51. The van der Waals surface area contributed by atoms with E-state index in [1.54, 1.807) is 0 Å². The first-order valence-electron chi connectivity index (χ1n) is 35.2. The molecule has 2 N–H and O–H groups in total. The quantitative estimate of drug-likeness (QED) is 0.0205. The maximum atomic E-state index is 13.6. The molecule has 0 aliphatic rings. The molecule has 0 rings (SSSR count). The van der Waals surface area contributed by atoms with Gasteiger partial charge in [0, 0.05) is 12.8 Å². The van der Waals surface area contributed by atoms with Crippen molar-refractivity contribution < 1.29 is 37.3 Å². The van der Waals surface area contributed by atoms with Gasteiger partial charge in [0.2, 0.25) is 5.91 Å². The summed E-state index contributed by atoms with van der Waals surface area (Å²) in [6, 6.07) is -0.843. The van der Waals surface area contributed by atoms with Gasteiger partial charge in [-0.2, -0.15) is 0 Å². The summed E-state index contributed by atoms with van der Waals surface area (Å²) in [4.78, 5) is 37.9. The van der Waals surface area contributed by atoms with E-state index in [1.165, 1.54) is 270 Å². The van der Waals surface area contributed by atoms with E-state index in [9.17, 15) is 19.0 Å². The summed E-state index contributed by atoms with van der Waals surface area (Å²) < 4.78 is 30.8. The average molecular weight is 1150 g/mol. The summed E-state index contributed by atoms with van der Waals surface area (Å²) in [5, 5.41) is 3.08. The largest absolute Gasteiger partial charge is 0.472 e. The Morgan fingerprint density at radius 1 is 0.425 bits per heavy atom. The third kappa shape index (κ3) is 61.1. The van der Waals surface area contributed by atoms with Gasteiger partial charge in [-0.3, -0.25) is 18.6 Å². The number of hydrogen-bond acceptors (Lipinski definition) is 6. The van der Waals surface area contributed by atoms with Crippen LogP contribution in [0, 0.1) is 0 Å². The first-order valence-corrected chi connectivity index (χ1v) is 36.7. The Bertz CT molecular complexity index is 1420. The number of nitrogens with zero attached hydrogens (tertiary/aromatic N) is 1. The minimum absolute atomic E-state index is 0.0443. The molecule has 3 atom stereocenters. The minimum atomic E-state index is -4.45. The fourth-order valence-electron chi connectivity index (χ4n) is 10.7. The van der Waals surface area contributed by atoms with Crippen LogP contribution in [-0.2, 0) is 27.9 Å². The molecule has 0 aromatic heterocycles. The summed E-state index contributed by atoms with van der Waals surface area (Å²) in [6.45, 7) is 7.07. The predicted octanol–water partition coefficient (Wildman–Crippen LogP) is 22.1. The first-order chi connectivity index (χ1) is 38.9. The molecule has 10 heteroatoms. The van der Waals surface area contributed by atoms with Crippen LogP contribution in [0.5, 0.6) is 0 Å². The van der Waals surface area contributed by atoms with Crippen molar-refractivity contribution >= 4 is 19.7 Å². The zero-order chi connectivity index (χ0) is 58.6. The van der Waals surface area contributed by atoms with Gasteiger partial charge in [-0.05, 0) is 57.4 Å². The monoisotopic (exact) mass is 1150 g/mol. The number of rotatable bonds is 65. The summed E-state index contributed by atoms with van der Waals surface area (Å²) in [7, 11) is 1.52. The lowest BCUT2D eigenvalue weighted by Gasteiger charge is -2.27. The molecule has 0 aliphatic carbocycles. The van der Waals surface area contributed by atoms with E-state index < -0.39 is 20.0 Å². The molecule has 0 spiro atoms. The van der Waals surface area contributed by atoms with Gasteiger partial charge < -0.3 is 19.4 Å². The first kappa shape index (κ1) is 78.5. The number of esters is 1. The van der Waals surface area contributed by atoms with E-state index in [-0.39, 0.29) is 25.1 Å². The smallest absolute Gasteiger partial charge is 0.456 e. The number of allylic oxidation sites excluding steroid dienone is 3. The molecular formula is C70H138N2O7P+. The van der Waals surface area contributed by atoms with Gasteiger partial charge in [0.15, 0.2) is 0 Å². The fraction of sp³-hybridized carbons (Fsp3) is 0.914. The lowest BCUT2D eigenvalue weighted by atomic mass is 10.0. The Kier molecular flexibility index (Phi) is 59.5. The van der Waals surface area contributed by atoms with E-state index in [0.29, 0.717) is 23.9 Å². The molecule has 0 aromatic rings. The maximum Gasteiger partial charge on any atom is 0.472 e. The number of unbranched alkanes of at least 4 members (excludes halogenated alkanes) is 47. The Morgan fingerprint density at radius 3 is 1.06 bits per heavy atom. The highest BCUT2D eigenvalue weighted by molar-refractivity contribution is 7.47. The van der Waals surface area contributed by atoms with Crippen molar-refractivity contribution in [2.24, 2.45) is 0 Å². The van der Waals surface area contributed by atoms with Gasteiger partial charge in [0.25, 0.3) is 0 Å². The lowest BCUT2D eigenvalue weighted by molar-refractivity contribution is -0.870. The van der Waals surface area contributed by atoms with Crippen molar-refractivity contribution in [3.8, 4) is 0 Å². The highest BCUT2D eigenvalue weighted by atomic mass is 31.2. The second-order valence-corrected chi connectivity index (χ2v) is 26.9. The van der Waals surface area contributed by atoms with E-state index in [2.05, 4.69) is 38.2 Å². The normalized spacial score (nSPS) is 13.6. The number of phosphoric acid groups is 1. The lowest BCUT2D eigenvalue weighted by Crippen LogP contribution is -2.47. The Morgan fingerprint density at radius 2 is 0.725 bits per heavy atom. The molecule has 0 bridgehead atoms. The zero-order valence-electron chi connectivity index (χ0n) is 54.4. The van der Waals surface area contributed by atoms with Crippen molar-refractivity contribution in [2.75, 3.05) is 40.9 Å². The molecule has 0 saturated carbocycles. The molecule has 0 saturated heterocycles. The fourth-order valence-corrected chi connectivity index (χ4v) is 11.4. The van der Waals surface area contributed by atoms with E-state index in [4.69, 9.17) is 13.8 Å². The third-order valence-electron chi connectivity index (χ3n) is 16.1. The van der Waals surface area contributed by atoms with Crippen LogP contribution < -0.4 is 5.32 Å². The summed E-state index contributed by atoms with van der Waals surface area (Å²) in [5.41, 5.74) is 0. The van der Waals surface area contributed by atoms with E-state index in [0.717, 1.165) is 57.8 Å². The second-order valence-electron chi connectivity index (χ2n) is 25.4. The SMILES string of the molecule is CCCCCCCC/C=C/CCCCCCCCCCCCCC(=O)OC(/C=C/CCCCCCCCCCCC)C(COP(=O)(O)OCC[N+](C)(C)C)NC(=O)CCCCCCCCCCCCCCCCCCCCCCC. The topological polar surface area (TPSA) is 111 Å². The van der Waals surface area contributed by atoms with E-state index >= 15 is 0 Å². The maximum absolute atomic E-state index is 13.6. The molecule has 0 aliphatic heterocycles. The number of likely N-dealkylation sites (N-methyl/N-ethyl adjacent to an activating group) is 1. The second kappa shape index (κ2) is 60.6. The number of amides is 1. The molecule has 3 unspecified atom stereocenters. The number of phosphoric ester groups is 1. The molecular weight excluding hydrogens is 1010 g/mol. The number of quaternary nitrogens is 1. The van der Waals surface area contributed by atoms with Crippen molar-refractivity contribution in [1.82, 2.24) is 5.32 Å². The molecule has 0 aromatic carbocycles. The van der Waals surface area contributed by atoms with Crippen LogP contribution in [0.1, 0.15) is 361 Å². The van der Waals surface area contributed by atoms with Gasteiger partial charge in [-0.25, -0.2) is 4.57 Å². The minimum Gasteiger partial charge on any atom is -0.456 e. The van der Waals surface area contributed by atoms with Gasteiger partial charge >= 0.3 is 13.8 Å². The van der Waals surface area contributed by atoms with Crippen LogP contribution in [0.4, 0.5) is 0 Å². The predicted molar refractivity (Wildman–Crippen MR) is 346 cm³/mol. The molecule has 0 heterocycles. The molecule has 474 valence electrons. The average Bonchev–Trinajstić information content (AvgIpc) is 3.42. The third-order valence-corrected chi connectivity index (χ3v) is 17.1. The van der Waals surface area contributed by atoms with Gasteiger partial charge in [0.1, 0.15) is 19.3 Å². The standard InChI is InChI=1S/C70H137N2O7P/c1-7-10-13-16-19-22-25-28-30-32-34-36-38-40-42-44-47-50-53-56-59-62-69(73)71-67(66-78-80(75,76)77-65-64-72(4,5)6)68(61-58-55-52-49-46-27-24-21-18-15-12-9-3)79-70(74)63-60-57-54-51-48-45-43-41-39-37-35-33-31-29-26-23-20-17-14-11-8-2/h29,31,58,61,67-68H,7-28,30,32-57,59-60,62-66H2,1-6H3,(H-,71,73,75,76)/p+1/b31-29+,61-58+. The molecule has 1 amide bonds. The van der Waals surface area contributed by atoms with Crippen LogP contribution in [0.15, 0.2) is 24.3 Å². The van der Waals surface area contributed by atoms with Crippen LogP contribution in [0.2, 0.25) is 0 Å². The highest BCUT2D eigenvalue weighted by Crippen LogP contribution is 2.43. The van der Waals surface area contributed by atoms with E-state index in [1.807, 2.05) is 33.3 Å². The summed E-state index contributed by atoms with van der Waals surface area (Å²) in [6.07, 6.45) is 73.3. The van der Waals surface area contributed by atoms with Crippen LogP contribution >= 0.6 is 7.82 Å².